The van der Waals surface area contributed by atoms with Gasteiger partial charge in [-0.15, -0.1) is 0 Å². The summed E-state index contributed by atoms with van der Waals surface area (Å²) in [5.41, 5.74) is 1.05. The maximum absolute atomic E-state index is 13.3. The predicted molar refractivity (Wildman–Crippen MR) is 81.0 cm³/mol. The minimum Gasteiger partial charge on any atom is -0.486 e. The molecular weight excluding hydrogens is 293 g/mol. The summed E-state index contributed by atoms with van der Waals surface area (Å²) in [6, 6.07) is 6.28. The van der Waals surface area contributed by atoms with Gasteiger partial charge in [-0.25, -0.2) is 4.39 Å². The minimum absolute atomic E-state index is 0.0823. The first-order valence-corrected chi connectivity index (χ1v) is 7.28. The molecule has 1 aromatic heterocycles. The molecule has 0 unspecified atom stereocenters. The second kappa shape index (κ2) is 7.48. The first-order valence-electron chi connectivity index (χ1n) is 6.90. The molecule has 0 radical (unpaired) electrons. The molecule has 2 aromatic rings. The fraction of sp³-hybridized carbons (Fsp3) is 0.375. The van der Waals surface area contributed by atoms with E-state index in [1.54, 1.807) is 12.3 Å². The van der Waals surface area contributed by atoms with Crippen molar-refractivity contribution < 1.29 is 13.5 Å². The van der Waals surface area contributed by atoms with Gasteiger partial charge in [-0.1, -0.05) is 25.4 Å². The highest BCUT2D eigenvalue weighted by Crippen LogP contribution is 2.22. The van der Waals surface area contributed by atoms with Crippen LogP contribution >= 0.6 is 11.6 Å². The Morgan fingerprint density at radius 3 is 2.86 bits per heavy atom. The van der Waals surface area contributed by atoms with Crippen LogP contribution < -0.4 is 10.1 Å². The van der Waals surface area contributed by atoms with Gasteiger partial charge in [-0.05, 0) is 30.7 Å². The third-order valence-electron chi connectivity index (χ3n) is 2.97. The van der Waals surface area contributed by atoms with Crippen LogP contribution in [0.5, 0.6) is 5.75 Å². The van der Waals surface area contributed by atoms with Gasteiger partial charge in [0, 0.05) is 18.2 Å². The van der Waals surface area contributed by atoms with Crippen molar-refractivity contribution in [1.29, 1.82) is 0 Å². The number of nitrogens with one attached hydrogen (secondary N) is 1. The van der Waals surface area contributed by atoms with Crippen LogP contribution in [0.15, 0.2) is 34.9 Å². The summed E-state index contributed by atoms with van der Waals surface area (Å²) in [5, 5.41) is 3.43. The van der Waals surface area contributed by atoms with Crippen LogP contribution in [-0.4, -0.2) is 6.54 Å². The van der Waals surface area contributed by atoms with Crippen LogP contribution in [-0.2, 0) is 13.2 Å². The van der Waals surface area contributed by atoms with Crippen LogP contribution in [0, 0.1) is 11.7 Å². The summed E-state index contributed by atoms with van der Waals surface area (Å²) >= 11 is 5.63. The lowest BCUT2D eigenvalue weighted by atomic mass is 10.2. The molecule has 0 atom stereocenters. The van der Waals surface area contributed by atoms with Crippen molar-refractivity contribution in [2.75, 3.05) is 6.54 Å². The van der Waals surface area contributed by atoms with Crippen molar-refractivity contribution in [3.05, 3.63) is 52.7 Å². The maximum atomic E-state index is 13.3. The molecule has 1 N–H and O–H groups in total. The molecule has 0 amide bonds. The van der Waals surface area contributed by atoms with Gasteiger partial charge < -0.3 is 14.5 Å². The largest absolute Gasteiger partial charge is 0.486 e. The maximum Gasteiger partial charge on any atom is 0.146 e. The number of hydrogen-bond donors (Lipinski definition) is 1. The highest BCUT2D eigenvalue weighted by molar-refractivity contribution is 6.30. The normalized spacial score (nSPS) is 11.1. The van der Waals surface area contributed by atoms with Crippen molar-refractivity contribution in [1.82, 2.24) is 5.32 Å². The monoisotopic (exact) mass is 311 g/mol. The number of ether oxygens (including phenoxy) is 1. The van der Waals surface area contributed by atoms with Gasteiger partial charge >= 0.3 is 0 Å². The molecule has 0 aliphatic rings. The van der Waals surface area contributed by atoms with E-state index in [0.29, 0.717) is 11.7 Å². The first-order chi connectivity index (χ1) is 10.1. The Bertz CT molecular complexity index is 583. The number of hydrogen-bond acceptors (Lipinski definition) is 3. The lowest BCUT2D eigenvalue weighted by Crippen LogP contribution is -2.19. The molecule has 114 valence electrons. The average molecular weight is 312 g/mol. The fourth-order valence-corrected chi connectivity index (χ4v) is 1.98. The van der Waals surface area contributed by atoms with Gasteiger partial charge in [-0.2, -0.15) is 0 Å². The summed E-state index contributed by atoms with van der Waals surface area (Å²) in [7, 11) is 0. The minimum atomic E-state index is -0.493. The van der Waals surface area contributed by atoms with E-state index in [4.69, 9.17) is 20.8 Å². The standard InChI is InChI=1S/C16H19ClFNO2/c1-11(2)8-19-9-12-5-6-20-16(12)10-21-13-3-4-14(17)15(18)7-13/h3-7,11,19H,8-10H2,1-2H3. The van der Waals surface area contributed by atoms with Crippen LogP contribution in [0.2, 0.25) is 5.02 Å². The Balaban J connectivity index is 1.91. The first kappa shape index (κ1) is 15.9. The number of furan rings is 1. The van der Waals surface area contributed by atoms with Crippen LogP contribution in [0.3, 0.4) is 0 Å². The van der Waals surface area contributed by atoms with Gasteiger partial charge in [0.1, 0.15) is 23.9 Å². The third-order valence-corrected chi connectivity index (χ3v) is 3.27. The van der Waals surface area contributed by atoms with E-state index in [1.807, 2.05) is 6.07 Å². The molecule has 0 saturated carbocycles. The van der Waals surface area contributed by atoms with Gasteiger partial charge in [0.05, 0.1) is 11.3 Å². The van der Waals surface area contributed by atoms with Gasteiger partial charge in [0.25, 0.3) is 0 Å². The second-order valence-electron chi connectivity index (χ2n) is 5.26. The zero-order valence-electron chi connectivity index (χ0n) is 12.2. The van der Waals surface area contributed by atoms with Gasteiger partial charge in [0.2, 0.25) is 0 Å². The Morgan fingerprint density at radius 2 is 2.14 bits per heavy atom. The topological polar surface area (TPSA) is 34.4 Å². The average Bonchev–Trinajstić information content (AvgIpc) is 2.87. The number of benzene rings is 1. The molecule has 1 aromatic carbocycles. The Morgan fingerprint density at radius 1 is 1.33 bits per heavy atom. The van der Waals surface area contributed by atoms with Crippen molar-refractivity contribution in [2.24, 2.45) is 5.92 Å². The lowest BCUT2D eigenvalue weighted by molar-refractivity contribution is 0.267. The van der Waals surface area contributed by atoms with E-state index >= 15 is 0 Å². The summed E-state index contributed by atoms with van der Waals surface area (Å²) < 4.78 is 24.3. The van der Waals surface area contributed by atoms with Crippen LogP contribution in [0.1, 0.15) is 25.2 Å². The molecule has 0 aliphatic carbocycles. The fourth-order valence-electron chi connectivity index (χ4n) is 1.86. The molecule has 0 aliphatic heterocycles. The molecule has 0 saturated heterocycles. The van der Waals surface area contributed by atoms with Crippen molar-refractivity contribution in [3.63, 3.8) is 0 Å². The molecular formula is C16H19ClFNO2. The Hall–Kier alpha value is -1.52. The van der Waals surface area contributed by atoms with Crippen molar-refractivity contribution in [3.8, 4) is 5.75 Å². The zero-order valence-corrected chi connectivity index (χ0v) is 12.9. The van der Waals surface area contributed by atoms with E-state index in [2.05, 4.69) is 19.2 Å². The van der Waals surface area contributed by atoms with Crippen LogP contribution in [0.4, 0.5) is 4.39 Å². The van der Waals surface area contributed by atoms with Crippen molar-refractivity contribution >= 4 is 11.6 Å². The quantitative estimate of drug-likeness (QED) is 0.823. The number of halogens is 2. The van der Waals surface area contributed by atoms with E-state index in [-0.39, 0.29) is 11.6 Å². The summed E-state index contributed by atoms with van der Waals surface area (Å²) in [4.78, 5) is 0. The van der Waals surface area contributed by atoms with Gasteiger partial charge in [-0.3, -0.25) is 0 Å². The lowest BCUT2D eigenvalue weighted by Gasteiger charge is -2.09. The van der Waals surface area contributed by atoms with E-state index in [0.717, 1.165) is 24.4 Å². The molecule has 1 heterocycles. The number of rotatable bonds is 7. The molecule has 21 heavy (non-hydrogen) atoms. The summed E-state index contributed by atoms with van der Waals surface area (Å²) in [5.74, 6) is 1.26. The molecule has 0 fully saturated rings. The van der Waals surface area contributed by atoms with E-state index in [9.17, 15) is 4.39 Å². The van der Waals surface area contributed by atoms with E-state index in [1.165, 1.54) is 12.1 Å². The van der Waals surface area contributed by atoms with Gasteiger partial charge in [0.15, 0.2) is 0 Å². The molecule has 0 bridgehead atoms. The smallest absolute Gasteiger partial charge is 0.146 e. The molecule has 2 rings (SSSR count). The second-order valence-corrected chi connectivity index (χ2v) is 5.67. The SMILES string of the molecule is CC(C)CNCc1ccoc1COc1ccc(Cl)c(F)c1. The zero-order chi connectivity index (χ0) is 15.2. The van der Waals surface area contributed by atoms with Crippen LogP contribution in [0.25, 0.3) is 0 Å². The predicted octanol–water partition coefficient (Wildman–Crippen LogP) is 4.40. The summed E-state index contributed by atoms with van der Waals surface area (Å²) in [6.07, 6.45) is 1.63. The van der Waals surface area contributed by atoms with Crippen molar-refractivity contribution in [2.45, 2.75) is 27.0 Å². The molecule has 0 spiro atoms. The highest BCUT2D eigenvalue weighted by atomic mass is 35.5. The molecule has 5 heteroatoms. The molecule has 3 nitrogen and oxygen atoms in total. The third kappa shape index (κ3) is 4.76. The Kier molecular flexibility index (Phi) is 5.65. The van der Waals surface area contributed by atoms with E-state index < -0.39 is 5.82 Å². The highest BCUT2D eigenvalue weighted by Gasteiger charge is 2.08. The summed E-state index contributed by atoms with van der Waals surface area (Å²) in [6.45, 7) is 6.23. The Labute approximate surface area is 129 Å².